The molecule has 0 spiro atoms. The summed E-state index contributed by atoms with van der Waals surface area (Å²) in [6, 6.07) is 6.42. The van der Waals surface area contributed by atoms with Crippen molar-refractivity contribution in [3.63, 3.8) is 0 Å². The van der Waals surface area contributed by atoms with Gasteiger partial charge >= 0.3 is 12.0 Å². The number of hydrogen-bond acceptors (Lipinski definition) is 4. The van der Waals surface area contributed by atoms with Gasteiger partial charge in [-0.05, 0) is 38.3 Å². The number of amides is 2. The lowest BCUT2D eigenvalue weighted by atomic mass is 10.1. The largest absolute Gasteiger partial charge is 0.481 e. The number of likely N-dealkylation sites (tertiary alicyclic amines) is 1. The number of nitrogens with one attached hydrogen (secondary N) is 1. The van der Waals surface area contributed by atoms with Crippen molar-refractivity contribution in [1.82, 2.24) is 14.5 Å². The van der Waals surface area contributed by atoms with Gasteiger partial charge in [0.25, 0.3) is 0 Å². The molecule has 0 aliphatic carbocycles. The fraction of sp³-hybridized carbons (Fsp3) is 0.556. The van der Waals surface area contributed by atoms with Crippen LogP contribution in [0.1, 0.15) is 24.8 Å². The Bertz CT molecular complexity index is 801. The molecule has 2 N–H and O–H groups in total. The lowest BCUT2D eigenvalue weighted by Gasteiger charge is -2.32. The zero-order chi connectivity index (χ0) is 19.6. The van der Waals surface area contributed by atoms with Gasteiger partial charge in [0.1, 0.15) is 0 Å². The average Bonchev–Trinajstić information content (AvgIpc) is 3.13. The van der Waals surface area contributed by atoms with Gasteiger partial charge in [0.05, 0.1) is 10.8 Å². The first-order valence-corrected chi connectivity index (χ1v) is 10.6. The van der Waals surface area contributed by atoms with Crippen molar-refractivity contribution in [1.29, 1.82) is 0 Å². The van der Waals surface area contributed by atoms with Gasteiger partial charge < -0.3 is 15.3 Å². The van der Waals surface area contributed by atoms with Crippen LogP contribution in [0, 0.1) is 12.8 Å². The zero-order valence-electron chi connectivity index (χ0n) is 15.3. The van der Waals surface area contributed by atoms with Gasteiger partial charge in [-0.2, -0.15) is 4.31 Å². The first-order chi connectivity index (χ1) is 12.8. The number of hydrogen-bond donors (Lipinski definition) is 2. The van der Waals surface area contributed by atoms with Crippen LogP contribution in [-0.4, -0.2) is 67.0 Å². The molecule has 0 saturated carbocycles. The van der Waals surface area contributed by atoms with E-state index >= 15 is 0 Å². The van der Waals surface area contributed by atoms with Crippen LogP contribution in [0.3, 0.4) is 0 Å². The molecule has 2 heterocycles. The van der Waals surface area contributed by atoms with E-state index in [4.69, 9.17) is 5.11 Å². The summed E-state index contributed by atoms with van der Waals surface area (Å²) in [6.45, 7) is 3.26. The third-order valence-electron chi connectivity index (χ3n) is 5.26. The van der Waals surface area contributed by atoms with E-state index in [1.165, 1.54) is 9.21 Å². The van der Waals surface area contributed by atoms with Crippen LogP contribution in [0.2, 0.25) is 0 Å². The summed E-state index contributed by atoms with van der Waals surface area (Å²) >= 11 is 0. The minimum atomic E-state index is -3.52. The number of aryl methyl sites for hydroxylation is 1. The van der Waals surface area contributed by atoms with Gasteiger partial charge in [-0.3, -0.25) is 4.79 Å². The normalized spacial score (nSPS) is 22.0. The molecule has 2 fully saturated rings. The molecule has 0 aromatic heterocycles. The molecule has 0 radical (unpaired) electrons. The number of urea groups is 1. The Balaban J connectivity index is 1.52. The molecule has 2 aliphatic rings. The predicted molar refractivity (Wildman–Crippen MR) is 98.8 cm³/mol. The molecule has 8 nitrogen and oxygen atoms in total. The molecule has 27 heavy (non-hydrogen) atoms. The molecule has 2 saturated heterocycles. The van der Waals surface area contributed by atoms with E-state index in [1.54, 1.807) is 24.3 Å². The third kappa shape index (κ3) is 4.41. The average molecular weight is 395 g/mol. The highest BCUT2D eigenvalue weighted by Crippen LogP contribution is 2.22. The second-order valence-corrected chi connectivity index (χ2v) is 9.15. The Kier molecular flexibility index (Phi) is 5.71. The number of benzene rings is 1. The van der Waals surface area contributed by atoms with Gasteiger partial charge in [0, 0.05) is 32.2 Å². The number of aliphatic carboxylic acids is 1. The maximum atomic E-state index is 12.7. The molecule has 2 amide bonds. The lowest BCUT2D eigenvalue weighted by molar-refractivity contribution is -0.141. The monoisotopic (exact) mass is 395 g/mol. The number of piperidine rings is 1. The Morgan fingerprint density at radius 2 is 1.70 bits per heavy atom. The highest BCUT2D eigenvalue weighted by molar-refractivity contribution is 7.89. The number of carboxylic acid groups (broad SMARTS) is 1. The van der Waals surface area contributed by atoms with Crippen molar-refractivity contribution in [2.45, 2.75) is 37.1 Å². The summed E-state index contributed by atoms with van der Waals surface area (Å²) in [4.78, 5) is 25.1. The summed E-state index contributed by atoms with van der Waals surface area (Å²) in [7, 11) is -3.52. The van der Waals surface area contributed by atoms with E-state index in [-0.39, 0.29) is 23.5 Å². The number of rotatable bonds is 4. The maximum absolute atomic E-state index is 12.7. The first-order valence-electron chi connectivity index (χ1n) is 9.12. The summed E-state index contributed by atoms with van der Waals surface area (Å²) in [6.07, 6.45) is 1.54. The van der Waals surface area contributed by atoms with Gasteiger partial charge in [-0.25, -0.2) is 13.2 Å². The summed E-state index contributed by atoms with van der Waals surface area (Å²) < 4.78 is 26.9. The third-order valence-corrected chi connectivity index (χ3v) is 7.18. The molecule has 2 aliphatic heterocycles. The van der Waals surface area contributed by atoms with Crippen LogP contribution in [0.25, 0.3) is 0 Å². The van der Waals surface area contributed by atoms with Crippen LogP contribution in [0.15, 0.2) is 29.2 Å². The molecule has 148 valence electrons. The summed E-state index contributed by atoms with van der Waals surface area (Å²) in [5.41, 5.74) is 1.00. The van der Waals surface area contributed by atoms with Crippen LogP contribution < -0.4 is 5.32 Å². The molecule has 1 aromatic rings. The zero-order valence-corrected chi connectivity index (χ0v) is 16.1. The van der Waals surface area contributed by atoms with E-state index in [9.17, 15) is 18.0 Å². The van der Waals surface area contributed by atoms with E-state index in [2.05, 4.69) is 5.32 Å². The molecule has 0 bridgehead atoms. The van der Waals surface area contributed by atoms with E-state index in [0.29, 0.717) is 38.9 Å². The minimum absolute atomic E-state index is 0.106. The molecule has 1 aromatic carbocycles. The van der Waals surface area contributed by atoms with Crippen molar-refractivity contribution in [2.24, 2.45) is 5.92 Å². The molecule has 3 rings (SSSR count). The van der Waals surface area contributed by atoms with Crippen molar-refractivity contribution in [2.75, 3.05) is 26.2 Å². The van der Waals surface area contributed by atoms with E-state index < -0.39 is 21.9 Å². The fourth-order valence-corrected chi connectivity index (χ4v) is 4.98. The Morgan fingerprint density at radius 3 is 2.26 bits per heavy atom. The Labute approximate surface area is 159 Å². The molecule has 1 unspecified atom stereocenters. The predicted octanol–water partition coefficient (Wildman–Crippen LogP) is 1.26. The van der Waals surface area contributed by atoms with E-state index in [0.717, 1.165) is 5.56 Å². The topological polar surface area (TPSA) is 107 Å². The van der Waals surface area contributed by atoms with Crippen LogP contribution >= 0.6 is 0 Å². The van der Waals surface area contributed by atoms with Gasteiger partial charge in [-0.1, -0.05) is 17.7 Å². The number of carbonyl (C=O) groups is 2. The highest BCUT2D eigenvalue weighted by atomic mass is 32.2. The van der Waals surface area contributed by atoms with Crippen molar-refractivity contribution < 1.29 is 23.1 Å². The quantitative estimate of drug-likeness (QED) is 0.798. The number of sulfonamides is 1. The smallest absolute Gasteiger partial charge is 0.317 e. The second kappa shape index (κ2) is 7.85. The second-order valence-electron chi connectivity index (χ2n) is 7.21. The van der Waals surface area contributed by atoms with Crippen LogP contribution in [0.4, 0.5) is 4.79 Å². The molecule has 9 heteroatoms. The van der Waals surface area contributed by atoms with Crippen LogP contribution in [0.5, 0.6) is 0 Å². The summed E-state index contributed by atoms with van der Waals surface area (Å²) in [5.74, 6) is -1.38. The van der Waals surface area contributed by atoms with Crippen molar-refractivity contribution in [3.05, 3.63) is 29.8 Å². The standard InChI is InChI=1S/C18H25N3O5S/c1-13-2-4-16(5-3-13)27(25,26)21-10-7-15(8-11-21)19-18(24)20-9-6-14(12-20)17(22)23/h2-5,14-15H,6-12H2,1H3,(H,19,24)(H,22,23). The summed E-state index contributed by atoms with van der Waals surface area (Å²) in [5, 5.41) is 11.9. The van der Waals surface area contributed by atoms with Crippen LogP contribution in [-0.2, 0) is 14.8 Å². The molecule has 1 atom stereocenters. The van der Waals surface area contributed by atoms with E-state index in [1.807, 2.05) is 6.92 Å². The number of carboxylic acids is 1. The SMILES string of the molecule is Cc1ccc(S(=O)(=O)N2CCC(NC(=O)N3CCC(C(=O)O)C3)CC2)cc1. The molecular formula is C18H25N3O5S. The van der Waals surface area contributed by atoms with Gasteiger partial charge in [0.15, 0.2) is 0 Å². The number of carbonyl (C=O) groups excluding carboxylic acids is 1. The van der Waals surface area contributed by atoms with Gasteiger partial charge in [-0.15, -0.1) is 0 Å². The highest BCUT2D eigenvalue weighted by Gasteiger charge is 2.33. The maximum Gasteiger partial charge on any atom is 0.317 e. The fourth-order valence-electron chi connectivity index (χ4n) is 3.51. The van der Waals surface area contributed by atoms with Crippen molar-refractivity contribution in [3.8, 4) is 0 Å². The molecular weight excluding hydrogens is 370 g/mol. The van der Waals surface area contributed by atoms with Gasteiger partial charge in [0.2, 0.25) is 10.0 Å². The Morgan fingerprint density at radius 1 is 1.07 bits per heavy atom. The first kappa shape index (κ1) is 19.6. The number of nitrogens with zero attached hydrogens (tertiary/aromatic N) is 2. The Hall–Kier alpha value is -2.13. The minimum Gasteiger partial charge on any atom is -0.481 e. The lowest BCUT2D eigenvalue weighted by Crippen LogP contribution is -2.49. The van der Waals surface area contributed by atoms with Crippen molar-refractivity contribution >= 4 is 22.0 Å².